The highest BCUT2D eigenvalue weighted by molar-refractivity contribution is 5.79. The fourth-order valence-corrected chi connectivity index (χ4v) is 2.80. The van der Waals surface area contributed by atoms with Crippen molar-refractivity contribution in [2.24, 2.45) is 0 Å². The molecule has 2 rings (SSSR count). The lowest BCUT2D eigenvalue weighted by molar-refractivity contribution is -0.121. The molecular formula is C17H25N3O3. The van der Waals surface area contributed by atoms with Crippen LogP contribution in [0.1, 0.15) is 27.7 Å². The number of nitrogens with zero attached hydrogens (tertiary/aromatic N) is 2. The van der Waals surface area contributed by atoms with Crippen LogP contribution in [0.25, 0.3) is 11.1 Å². The smallest absolute Gasteiger partial charge is 0.408 e. The molecule has 1 heterocycles. The number of rotatable bonds is 7. The van der Waals surface area contributed by atoms with E-state index in [1.54, 1.807) is 18.2 Å². The van der Waals surface area contributed by atoms with Crippen molar-refractivity contribution in [1.82, 2.24) is 14.8 Å². The van der Waals surface area contributed by atoms with Gasteiger partial charge in [0.25, 0.3) is 0 Å². The quantitative estimate of drug-likeness (QED) is 0.845. The molecule has 0 bridgehead atoms. The molecule has 1 N–H and O–H groups in total. The van der Waals surface area contributed by atoms with Gasteiger partial charge in [-0.3, -0.25) is 14.3 Å². The Morgan fingerprint density at radius 1 is 1.22 bits per heavy atom. The molecule has 6 heteroatoms. The summed E-state index contributed by atoms with van der Waals surface area (Å²) in [5, 5.41) is 2.87. The van der Waals surface area contributed by atoms with Crippen LogP contribution in [0, 0.1) is 0 Å². The van der Waals surface area contributed by atoms with Gasteiger partial charge in [-0.1, -0.05) is 12.1 Å². The van der Waals surface area contributed by atoms with Crippen molar-refractivity contribution < 1.29 is 9.21 Å². The fourth-order valence-electron chi connectivity index (χ4n) is 2.80. The first-order chi connectivity index (χ1) is 10.9. The maximum Gasteiger partial charge on any atom is 0.420 e. The molecule has 1 amide bonds. The van der Waals surface area contributed by atoms with Gasteiger partial charge < -0.3 is 9.73 Å². The van der Waals surface area contributed by atoms with Crippen LogP contribution in [0.3, 0.4) is 0 Å². The Labute approximate surface area is 136 Å². The molecule has 0 spiro atoms. The molecule has 0 aliphatic heterocycles. The van der Waals surface area contributed by atoms with Crippen molar-refractivity contribution in [2.45, 2.75) is 46.3 Å². The first-order valence-electron chi connectivity index (χ1n) is 8.01. The predicted octanol–water partition coefficient (Wildman–Crippen LogP) is 1.83. The molecule has 1 aromatic carbocycles. The molecule has 0 aliphatic carbocycles. The third-order valence-electron chi connectivity index (χ3n) is 3.89. The van der Waals surface area contributed by atoms with Crippen molar-refractivity contribution in [3.05, 3.63) is 34.8 Å². The molecule has 23 heavy (non-hydrogen) atoms. The maximum atomic E-state index is 12.1. The first kappa shape index (κ1) is 17.3. The second-order valence-electron chi connectivity index (χ2n) is 6.20. The Hall–Kier alpha value is -2.08. The van der Waals surface area contributed by atoms with Crippen molar-refractivity contribution in [1.29, 1.82) is 0 Å². The summed E-state index contributed by atoms with van der Waals surface area (Å²) in [6.45, 7) is 9.86. The molecule has 126 valence electrons. The van der Waals surface area contributed by atoms with E-state index in [1.807, 2.05) is 6.07 Å². The summed E-state index contributed by atoms with van der Waals surface area (Å²) in [6.07, 6.45) is 0. The average molecular weight is 319 g/mol. The van der Waals surface area contributed by atoms with E-state index in [2.05, 4.69) is 37.9 Å². The summed E-state index contributed by atoms with van der Waals surface area (Å²) < 4.78 is 6.48. The summed E-state index contributed by atoms with van der Waals surface area (Å²) in [7, 11) is 0. The van der Waals surface area contributed by atoms with Crippen LogP contribution in [-0.4, -0.2) is 40.5 Å². The second kappa shape index (κ2) is 7.46. The highest BCUT2D eigenvalue weighted by atomic mass is 16.4. The van der Waals surface area contributed by atoms with Gasteiger partial charge in [-0.2, -0.15) is 0 Å². The van der Waals surface area contributed by atoms with Gasteiger partial charge in [-0.15, -0.1) is 0 Å². The number of nitrogens with one attached hydrogen (secondary N) is 1. The minimum absolute atomic E-state index is 0.0286. The Morgan fingerprint density at radius 3 is 2.52 bits per heavy atom. The van der Waals surface area contributed by atoms with Crippen molar-refractivity contribution in [3.63, 3.8) is 0 Å². The number of benzene rings is 1. The fraction of sp³-hybridized carbons (Fsp3) is 0.529. The van der Waals surface area contributed by atoms with E-state index in [0.29, 0.717) is 29.7 Å². The van der Waals surface area contributed by atoms with Crippen LogP contribution in [0.4, 0.5) is 0 Å². The highest BCUT2D eigenvalue weighted by Crippen LogP contribution is 2.11. The third-order valence-corrected chi connectivity index (χ3v) is 3.89. The lowest BCUT2D eigenvalue weighted by Crippen LogP contribution is -2.43. The molecular weight excluding hydrogens is 294 g/mol. The third kappa shape index (κ3) is 4.22. The minimum Gasteiger partial charge on any atom is -0.408 e. The van der Waals surface area contributed by atoms with Crippen molar-refractivity contribution in [3.8, 4) is 0 Å². The van der Waals surface area contributed by atoms with Gasteiger partial charge in [0.05, 0.1) is 5.52 Å². The Kier molecular flexibility index (Phi) is 5.60. The number of carbonyl (C=O) groups excluding carboxylic acids is 1. The largest absolute Gasteiger partial charge is 0.420 e. The average Bonchev–Trinajstić information content (AvgIpc) is 2.79. The van der Waals surface area contributed by atoms with E-state index in [9.17, 15) is 9.59 Å². The lowest BCUT2D eigenvalue weighted by atomic mass is 10.2. The summed E-state index contributed by atoms with van der Waals surface area (Å²) in [6, 6.07) is 7.94. The van der Waals surface area contributed by atoms with Gasteiger partial charge in [-0.05, 0) is 39.8 Å². The van der Waals surface area contributed by atoms with Crippen molar-refractivity contribution in [2.75, 3.05) is 13.1 Å². The molecule has 1 aromatic heterocycles. The Morgan fingerprint density at radius 2 is 1.87 bits per heavy atom. The number of para-hydroxylation sites is 2. The topological polar surface area (TPSA) is 67.5 Å². The van der Waals surface area contributed by atoms with E-state index in [4.69, 9.17) is 4.42 Å². The van der Waals surface area contributed by atoms with Gasteiger partial charge >= 0.3 is 5.76 Å². The normalized spacial score (nSPS) is 11.8. The zero-order chi connectivity index (χ0) is 17.0. The SMILES string of the molecule is CC(C)N(CCNC(=O)Cn1c(=O)oc2ccccc21)C(C)C. The number of oxazole rings is 1. The van der Waals surface area contributed by atoms with Crippen LogP contribution in [0.5, 0.6) is 0 Å². The number of amides is 1. The molecule has 0 atom stereocenters. The zero-order valence-corrected chi connectivity index (χ0v) is 14.2. The van der Waals surface area contributed by atoms with E-state index in [-0.39, 0.29) is 12.5 Å². The van der Waals surface area contributed by atoms with Crippen LogP contribution >= 0.6 is 0 Å². The van der Waals surface area contributed by atoms with E-state index in [0.717, 1.165) is 6.54 Å². The van der Waals surface area contributed by atoms with Gasteiger partial charge in [0, 0.05) is 25.2 Å². The van der Waals surface area contributed by atoms with Gasteiger partial charge in [0.1, 0.15) is 6.54 Å². The summed E-state index contributed by atoms with van der Waals surface area (Å²) in [4.78, 5) is 26.2. The summed E-state index contributed by atoms with van der Waals surface area (Å²) >= 11 is 0. The highest BCUT2D eigenvalue weighted by Gasteiger charge is 2.15. The first-order valence-corrected chi connectivity index (χ1v) is 8.01. The lowest BCUT2D eigenvalue weighted by Gasteiger charge is -2.30. The monoisotopic (exact) mass is 319 g/mol. The van der Waals surface area contributed by atoms with Gasteiger partial charge in [-0.25, -0.2) is 4.79 Å². The van der Waals surface area contributed by atoms with Crippen LogP contribution in [0.2, 0.25) is 0 Å². The second-order valence-corrected chi connectivity index (χ2v) is 6.20. The molecule has 0 saturated heterocycles. The van der Waals surface area contributed by atoms with E-state index >= 15 is 0 Å². The Balaban J connectivity index is 1.94. The molecule has 0 saturated carbocycles. The van der Waals surface area contributed by atoms with E-state index in [1.165, 1.54) is 4.57 Å². The standard InChI is InChI=1S/C17H25N3O3/c1-12(2)19(13(3)4)10-9-18-16(21)11-20-14-7-5-6-8-15(14)23-17(20)22/h5-8,12-13H,9-11H2,1-4H3,(H,18,21). The minimum atomic E-state index is -0.507. The van der Waals surface area contributed by atoms with Crippen molar-refractivity contribution >= 4 is 17.0 Å². The van der Waals surface area contributed by atoms with Crippen LogP contribution < -0.4 is 11.1 Å². The summed E-state index contributed by atoms with van der Waals surface area (Å²) in [5.74, 6) is -0.696. The molecule has 0 unspecified atom stereocenters. The Bertz CT molecular complexity index is 707. The molecule has 0 fully saturated rings. The number of aromatic nitrogens is 1. The molecule has 2 aromatic rings. The van der Waals surface area contributed by atoms with E-state index < -0.39 is 5.76 Å². The maximum absolute atomic E-state index is 12.1. The van der Waals surface area contributed by atoms with Gasteiger partial charge in [0.2, 0.25) is 5.91 Å². The number of carbonyl (C=O) groups is 1. The molecule has 0 aliphatic rings. The number of hydrogen-bond acceptors (Lipinski definition) is 4. The predicted molar refractivity (Wildman–Crippen MR) is 90.5 cm³/mol. The van der Waals surface area contributed by atoms with Crippen LogP contribution in [0.15, 0.2) is 33.5 Å². The van der Waals surface area contributed by atoms with Gasteiger partial charge in [0.15, 0.2) is 5.58 Å². The molecule has 0 radical (unpaired) electrons. The number of fused-ring (bicyclic) bond motifs is 1. The zero-order valence-electron chi connectivity index (χ0n) is 14.2. The summed E-state index contributed by atoms with van der Waals surface area (Å²) in [5.41, 5.74) is 1.13. The van der Waals surface area contributed by atoms with Crippen LogP contribution in [-0.2, 0) is 11.3 Å². The molecule has 6 nitrogen and oxygen atoms in total. The number of hydrogen-bond donors (Lipinski definition) is 1.